The zero-order valence-electron chi connectivity index (χ0n) is 10.6. The van der Waals surface area contributed by atoms with Crippen molar-refractivity contribution in [2.75, 3.05) is 6.61 Å². The maximum Gasteiger partial charge on any atom is 0.434 e. The number of aryl methyl sites for hydroxylation is 1. The number of hydroxylamine groups is 2. The van der Waals surface area contributed by atoms with Crippen LogP contribution in [-0.2, 0) is 9.47 Å². The standard InChI is InChI=1S/C11H13N3O6/c1-5-3-13(10(16)12-9(5)15)8-2-6-7(20-8)4-19-11(17)14(6)18/h3,6-8,18H,2,4H2,1H3,(H,12,15,16). The third-order valence-electron chi connectivity index (χ3n) is 3.53. The van der Waals surface area contributed by atoms with Crippen LogP contribution in [0.4, 0.5) is 4.79 Å². The molecular weight excluding hydrogens is 270 g/mol. The van der Waals surface area contributed by atoms with E-state index < -0.39 is 35.7 Å². The van der Waals surface area contributed by atoms with Gasteiger partial charge in [-0.05, 0) is 6.92 Å². The molecule has 108 valence electrons. The minimum absolute atomic E-state index is 0.0220. The van der Waals surface area contributed by atoms with Crippen LogP contribution in [0.15, 0.2) is 15.8 Å². The molecular formula is C11H13N3O6. The highest BCUT2D eigenvalue weighted by atomic mass is 16.7. The van der Waals surface area contributed by atoms with E-state index in [1.807, 2.05) is 0 Å². The molecule has 0 saturated carbocycles. The molecule has 0 aliphatic carbocycles. The molecule has 9 nitrogen and oxygen atoms in total. The Morgan fingerprint density at radius 1 is 1.40 bits per heavy atom. The second-order valence-electron chi connectivity index (χ2n) is 4.83. The molecule has 0 radical (unpaired) electrons. The Morgan fingerprint density at radius 3 is 2.90 bits per heavy atom. The van der Waals surface area contributed by atoms with E-state index in [0.29, 0.717) is 10.6 Å². The van der Waals surface area contributed by atoms with Gasteiger partial charge in [0, 0.05) is 18.2 Å². The van der Waals surface area contributed by atoms with Crippen molar-refractivity contribution in [1.82, 2.24) is 14.6 Å². The number of hydrogen-bond donors (Lipinski definition) is 2. The van der Waals surface area contributed by atoms with Crippen LogP contribution in [0.5, 0.6) is 0 Å². The van der Waals surface area contributed by atoms with Gasteiger partial charge in [0.05, 0.1) is 6.04 Å². The lowest BCUT2D eigenvalue weighted by atomic mass is 10.1. The van der Waals surface area contributed by atoms with Crippen molar-refractivity contribution in [2.45, 2.75) is 31.7 Å². The van der Waals surface area contributed by atoms with Gasteiger partial charge in [0.2, 0.25) is 0 Å². The Kier molecular flexibility index (Phi) is 2.87. The van der Waals surface area contributed by atoms with E-state index in [1.165, 1.54) is 10.8 Å². The van der Waals surface area contributed by atoms with Gasteiger partial charge < -0.3 is 9.47 Å². The van der Waals surface area contributed by atoms with Gasteiger partial charge in [-0.2, -0.15) is 5.06 Å². The van der Waals surface area contributed by atoms with Crippen LogP contribution in [0.2, 0.25) is 0 Å². The van der Waals surface area contributed by atoms with Crippen LogP contribution < -0.4 is 11.2 Å². The van der Waals surface area contributed by atoms with Crippen LogP contribution in [0.3, 0.4) is 0 Å². The van der Waals surface area contributed by atoms with Crippen LogP contribution in [0.25, 0.3) is 0 Å². The summed E-state index contributed by atoms with van der Waals surface area (Å²) in [6.07, 6.45) is -0.380. The lowest BCUT2D eigenvalue weighted by Gasteiger charge is -2.30. The van der Waals surface area contributed by atoms with Crippen LogP contribution in [0.1, 0.15) is 18.2 Å². The molecule has 9 heteroatoms. The molecule has 2 aliphatic rings. The Bertz CT molecular complexity index is 665. The maximum absolute atomic E-state index is 11.8. The number of rotatable bonds is 1. The number of aromatic nitrogens is 2. The van der Waals surface area contributed by atoms with Crippen molar-refractivity contribution in [2.24, 2.45) is 0 Å². The molecule has 3 heterocycles. The molecule has 2 N–H and O–H groups in total. The number of carbonyl (C=O) groups is 1. The molecule has 2 aliphatic heterocycles. The van der Waals surface area contributed by atoms with Crippen molar-refractivity contribution in [3.63, 3.8) is 0 Å². The summed E-state index contributed by atoms with van der Waals surface area (Å²) in [6.45, 7) is 1.59. The largest absolute Gasteiger partial charge is 0.445 e. The predicted octanol–water partition coefficient (Wildman–Crippen LogP) is -0.657. The third-order valence-corrected chi connectivity index (χ3v) is 3.53. The van der Waals surface area contributed by atoms with E-state index in [4.69, 9.17) is 9.47 Å². The summed E-state index contributed by atoms with van der Waals surface area (Å²) in [7, 11) is 0. The van der Waals surface area contributed by atoms with Gasteiger partial charge in [-0.15, -0.1) is 0 Å². The lowest BCUT2D eigenvalue weighted by molar-refractivity contribution is -0.158. The summed E-state index contributed by atoms with van der Waals surface area (Å²) in [5, 5.41) is 10.1. The Hall–Kier alpha value is -2.13. The van der Waals surface area contributed by atoms with Gasteiger partial charge in [-0.3, -0.25) is 19.6 Å². The quantitative estimate of drug-likeness (QED) is 0.661. The first-order chi connectivity index (χ1) is 9.47. The van der Waals surface area contributed by atoms with Gasteiger partial charge in [0.25, 0.3) is 5.56 Å². The molecule has 2 saturated heterocycles. The summed E-state index contributed by atoms with van der Waals surface area (Å²) >= 11 is 0. The number of H-pyrrole nitrogens is 1. The highest BCUT2D eigenvalue weighted by Gasteiger charge is 2.46. The summed E-state index contributed by atoms with van der Waals surface area (Å²) in [4.78, 5) is 36.5. The molecule has 1 aromatic rings. The minimum atomic E-state index is -0.833. The topological polar surface area (TPSA) is 114 Å². The first kappa shape index (κ1) is 12.9. The number of ether oxygens (including phenoxy) is 2. The fraction of sp³-hybridized carbons (Fsp3) is 0.545. The Morgan fingerprint density at radius 2 is 2.15 bits per heavy atom. The zero-order chi connectivity index (χ0) is 14.4. The molecule has 0 aromatic carbocycles. The lowest BCUT2D eigenvalue weighted by Crippen LogP contribution is -2.50. The van der Waals surface area contributed by atoms with Crippen LogP contribution in [-0.4, -0.2) is 44.7 Å². The number of aromatic amines is 1. The van der Waals surface area contributed by atoms with Gasteiger partial charge in [0.15, 0.2) is 0 Å². The first-order valence-corrected chi connectivity index (χ1v) is 6.10. The van der Waals surface area contributed by atoms with Gasteiger partial charge in [-0.1, -0.05) is 0 Å². The van der Waals surface area contributed by atoms with Crippen molar-refractivity contribution in [3.8, 4) is 0 Å². The molecule has 1 aromatic heterocycles. The number of amides is 1. The summed E-state index contributed by atoms with van der Waals surface area (Å²) < 4.78 is 11.6. The normalized spacial score (nSPS) is 29.2. The van der Waals surface area contributed by atoms with Crippen molar-refractivity contribution in [3.05, 3.63) is 32.6 Å². The van der Waals surface area contributed by atoms with E-state index in [2.05, 4.69) is 4.98 Å². The molecule has 0 spiro atoms. The smallest absolute Gasteiger partial charge is 0.434 e. The monoisotopic (exact) mass is 283 g/mol. The molecule has 0 bridgehead atoms. The van der Waals surface area contributed by atoms with Crippen LogP contribution in [0, 0.1) is 6.92 Å². The third kappa shape index (κ3) is 1.91. The van der Waals surface area contributed by atoms with E-state index in [0.717, 1.165) is 0 Å². The number of fused-ring (bicyclic) bond motifs is 1. The fourth-order valence-electron chi connectivity index (χ4n) is 2.45. The van der Waals surface area contributed by atoms with Gasteiger partial charge >= 0.3 is 11.8 Å². The molecule has 1 amide bonds. The van der Waals surface area contributed by atoms with Crippen LogP contribution >= 0.6 is 0 Å². The summed E-state index contributed by atoms with van der Waals surface area (Å²) in [6, 6.07) is -0.569. The predicted molar refractivity (Wildman–Crippen MR) is 63.3 cm³/mol. The van der Waals surface area contributed by atoms with Gasteiger partial charge in [0.1, 0.15) is 18.9 Å². The summed E-state index contributed by atoms with van der Waals surface area (Å²) in [5.74, 6) is 0. The van der Waals surface area contributed by atoms with Gasteiger partial charge in [-0.25, -0.2) is 9.59 Å². The molecule has 20 heavy (non-hydrogen) atoms. The number of hydrogen-bond acceptors (Lipinski definition) is 6. The Balaban J connectivity index is 1.91. The number of cyclic esters (lactones) is 1. The second-order valence-corrected chi connectivity index (χ2v) is 4.83. The molecule has 3 unspecified atom stereocenters. The first-order valence-electron chi connectivity index (χ1n) is 6.10. The number of nitrogens with one attached hydrogen (secondary N) is 1. The molecule has 2 fully saturated rings. The Labute approximate surface area is 112 Å². The molecule has 3 atom stereocenters. The van der Waals surface area contributed by atoms with Crippen molar-refractivity contribution >= 4 is 6.09 Å². The zero-order valence-corrected chi connectivity index (χ0v) is 10.6. The fourth-order valence-corrected chi connectivity index (χ4v) is 2.45. The van der Waals surface area contributed by atoms with E-state index in [9.17, 15) is 19.6 Å². The highest BCUT2D eigenvalue weighted by molar-refractivity contribution is 5.67. The summed E-state index contributed by atoms with van der Waals surface area (Å²) in [5.41, 5.74) is -0.679. The number of carbonyl (C=O) groups excluding carboxylic acids is 1. The van der Waals surface area contributed by atoms with E-state index in [-0.39, 0.29) is 13.0 Å². The maximum atomic E-state index is 11.8. The van der Waals surface area contributed by atoms with Crippen molar-refractivity contribution in [1.29, 1.82) is 0 Å². The average molecular weight is 283 g/mol. The molecule has 3 rings (SSSR count). The number of nitrogens with zero attached hydrogens (tertiary/aromatic N) is 2. The average Bonchev–Trinajstić information content (AvgIpc) is 2.83. The van der Waals surface area contributed by atoms with Crippen molar-refractivity contribution < 1.29 is 19.5 Å². The van der Waals surface area contributed by atoms with E-state index >= 15 is 0 Å². The SMILES string of the molecule is Cc1cn(C2CC3C(COC(=O)N3O)O2)c(=O)[nH]c1=O. The van der Waals surface area contributed by atoms with E-state index in [1.54, 1.807) is 6.92 Å². The second kappa shape index (κ2) is 4.46. The highest BCUT2D eigenvalue weighted by Crippen LogP contribution is 2.33. The minimum Gasteiger partial charge on any atom is -0.445 e.